The Balaban J connectivity index is 1.86. The Morgan fingerprint density at radius 1 is 1.04 bits per heavy atom. The number of nitrogens with two attached hydrogens (primary N) is 1. The second-order valence-electron chi connectivity index (χ2n) is 5.32. The highest BCUT2D eigenvalue weighted by atomic mass is 19.4. The molecule has 0 bridgehead atoms. The summed E-state index contributed by atoms with van der Waals surface area (Å²) in [4.78, 5) is 4.52. The molecular formula is C18H14F3N3O. The van der Waals surface area contributed by atoms with Crippen molar-refractivity contribution in [3.8, 4) is 5.75 Å². The van der Waals surface area contributed by atoms with E-state index in [-0.39, 0.29) is 12.2 Å². The number of pyridine rings is 1. The van der Waals surface area contributed by atoms with Crippen molar-refractivity contribution < 1.29 is 17.9 Å². The molecule has 0 aliphatic carbocycles. The van der Waals surface area contributed by atoms with Crippen LogP contribution in [-0.2, 0) is 6.42 Å². The zero-order valence-corrected chi connectivity index (χ0v) is 13.0. The summed E-state index contributed by atoms with van der Waals surface area (Å²) in [6.45, 7) is 0. The van der Waals surface area contributed by atoms with Gasteiger partial charge in [-0.2, -0.15) is 5.10 Å². The van der Waals surface area contributed by atoms with Gasteiger partial charge in [0.25, 0.3) is 0 Å². The number of fused-ring (bicyclic) bond motifs is 1. The fourth-order valence-electron chi connectivity index (χ4n) is 2.47. The molecule has 128 valence electrons. The zero-order chi connectivity index (χ0) is 17.9. The van der Waals surface area contributed by atoms with Gasteiger partial charge in [-0.05, 0) is 24.3 Å². The molecule has 0 atom stereocenters. The summed E-state index contributed by atoms with van der Waals surface area (Å²) in [5.74, 6) is 5.12. The van der Waals surface area contributed by atoms with Gasteiger partial charge in [0.1, 0.15) is 5.75 Å². The lowest BCUT2D eigenvalue weighted by Gasteiger charge is -2.11. The molecule has 0 saturated carbocycles. The second-order valence-corrected chi connectivity index (χ2v) is 5.32. The first-order valence-corrected chi connectivity index (χ1v) is 7.42. The number of para-hydroxylation sites is 1. The number of aromatic nitrogens is 1. The van der Waals surface area contributed by atoms with Crippen LogP contribution in [0.2, 0.25) is 0 Å². The first-order chi connectivity index (χ1) is 11.9. The highest BCUT2D eigenvalue weighted by Crippen LogP contribution is 2.24. The Morgan fingerprint density at radius 3 is 2.60 bits per heavy atom. The molecule has 3 aromatic rings. The van der Waals surface area contributed by atoms with Gasteiger partial charge in [-0.25, -0.2) is 0 Å². The molecule has 3 rings (SSSR count). The summed E-state index contributed by atoms with van der Waals surface area (Å²) in [7, 11) is 0. The van der Waals surface area contributed by atoms with Gasteiger partial charge in [0.05, 0.1) is 11.2 Å². The number of rotatable bonds is 4. The number of hydrogen-bond acceptors (Lipinski definition) is 4. The highest BCUT2D eigenvalue weighted by Gasteiger charge is 2.31. The minimum Gasteiger partial charge on any atom is -0.406 e. The zero-order valence-electron chi connectivity index (χ0n) is 13.0. The third-order valence-corrected chi connectivity index (χ3v) is 3.56. The van der Waals surface area contributed by atoms with Gasteiger partial charge in [-0.3, -0.25) is 4.98 Å². The van der Waals surface area contributed by atoms with Crippen molar-refractivity contribution in [2.24, 2.45) is 10.9 Å². The normalized spacial score (nSPS) is 12.4. The molecule has 25 heavy (non-hydrogen) atoms. The standard InChI is InChI=1S/C18H14F3N3O/c19-18(20,21)25-15-6-3-5-13(10-15)17(24-22)11-14-9-8-12-4-1-2-7-16(12)23-14/h1-10H,11,22H2. The molecule has 0 radical (unpaired) electrons. The summed E-state index contributed by atoms with van der Waals surface area (Å²) in [5, 5.41) is 4.71. The topological polar surface area (TPSA) is 60.5 Å². The third kappa shape index (κ3) is 4.26. The summed E-state index contributed by atoms with van der Waals surface area (Å²) in [6.07, 6.45) is -4.46. The van der Waals surface area contributed by atoms with E-state index in [1.165, 1.54) is 18.2 Å². The van der Waals surface area contributed by atoms with E-state index in [1.54, 1.807) is 6.07 Å². The van der Waals surface area contributed by atoms with Crippen LogP contribution in [0, 0.1) is 0 Å². The second kappa shape index (κ2) is 6.80. The maximum Gasteiger partial charge on any atom is 0.573 e. The van der Waals surface area contributed by atoms with Gasteiger partial charge in [-0.15, -0.1) is 13.2 Å². The van der Waals surface area contributed by atoms with Crippen molar-refractivity contribution in [2.75, 3.05) is 0 Å². The lowest BCUT2D eigenvalue weighted by molar-refractivity contribution is -0.274. The van der Waals surface area contributed by atoms with E-state index in [9.17, 15) is 13.2 Å². The molecule has 0 aliphatic heterocycles. The Labute approximate surface area is 141 Å². The molecule has 7 heteroatoms. The smallest absolute Gasteiger partial charge is 0.406 e. The van der Waals surface area contributed by atoms with Crippen molar-refractivity contribution in [2.45, 2.75) is 12.8 Å². The molecular weight excluding hydrogens is 331 g/mol. The minimum absolute atomic E-state index is 0.288. The van der Waals surface area contributed by atoms with Crippen LogP contribution in [0.15, 0.2) is 65.8 Å². The Kier molecular flexibility index (Phi) is 4.56. The summed E-state index contributed by atoms with van der Waals surface area (Å²) >= 11 is 0. The molecule has 1 heterocycles. The first-order valence-electron chi connectivity index (χ1n) is 7.42. The van der Waals surface area contributed by atoms with E-state index in [0.717, 1.165) is 10.9 Å². The van der Waals surface area contributed by atoms with E-state index in [2.05, 4.69) is 14.8 Å². The van der Waals surface area contributed by atoms with Crippen LogP contribution >= 0.6 is 0 Å². The quantitative estimate of drug-likeness (QED) is 0.441. The molecule has 0 saturated heterocycles. The number of benzene rings is 2. The fourth-order valence-corrected chi connectivity index (χ4v) is 2.47. The summed E-state index contributed by atoms with van der Waals surface area (Å²) in [5.41, 5.74) is 2.39. The van der Waals surface area contributed by atoms with Crippen LogP contribution in [0.3, 0.4) is 0 Å². The van der Waals surface area contributed by atoms with Crippen LogP contribution in [0.5, 0.6) is 5.75 Å². The lowest BCUT2D eigenvalue weighted by atomic mass is 10.0. The van der Waals surface area contributed by atoms with Crippen molar-refractivity contribution in [1.82, 2.24) is 4.98 Å². The third-order valence-electron chi connectivity index (χ3n) is 3.56. The average molecular weight is 345 g/mol. The molecule has 0 unspecified atom stereocenters. The number of alkyl halides is 3. The minimum atomic E-state index is -4.75. The number of hydrogen-bond donors (Lipinski definition) is 1. The van der Waals surface area contributed by atoms with Crippen LogP contribution in [0.25, 0.3) is 10.9 Å². The van der Waals surface area contributed by atoms with Crippen LogP contribution in [0.1, 0.15) is 11.3 Å². The van der Waals surface area contributed by atoms with E-state index >= 15 is 0 Å². The summed E-state index contributed by atoms with van der Waals surface area (Å²) < 4.78 is 41.0. The Morgan fingerprint density at radius 2 is 1.84 bits per heavy atom. The van der Waals surface area contributed by atoms with Gasteiger partial charge in [0, 0.05) is 23.1 Å². The average Bonchev–Trinajstić information content (AvgIpc) is 2.58. The molecule has 1 aromatic heterocycles. The molecule has 2 aromatic carbocycles. The van der Waals surface area contributed by atoms with Gasteiger partial charge in [-0.1, -0.05) is 36.4 Å². The SMILES string of the molecule is NN=C(Cc1ccc2ccccc2n1)c1cccc(OC(F)(F)F)c1. The lowest BCUT2D eigenvalue weighted by Crippen LogP contribution is -2.17. The predicted octanol–water partition coefficient (Wildman–Crippen LogP) is 4.04. The molecule has 0 amide bonds. The van der Waals surface area contributed by atoms with Crippen molar-refractivity contribution >= 4 is 16.6 Å². The van der Waals surface area contributed by atoms with E-state index in [4.69, 9.17) is 5.84 Å². The van der Waals surface area contributed by atoms with Crippen molar-refractivity contribution in [1.29, 1.82) is 0 Å². The number of halogens is 3. The maximum atomic E-state index is 12.4. The monoisotopic (exact) mass is 345 g/mol. The molecule has 2 N–H and O–H groups in total. The van der Waals surface area contributed by atoms with Crippen molar-refractivity contribution in [3.63, 3.8) is 0 Å². The number of hydrazone groups is 1. The van der Waals surface area contributed by atoms with Gasteiger partial charge in [0.2, 0.25) is 0 Å². The van der Waals surface area contributed by atoms with Gasteiger partial charge in [0.15, 0.2) is 0 Å². The Bertz CT molecular complexity index is 923. The number of nitrogens with zero attached hydrogens (tertiary/aromatic N) is 2. The fraction of sp³-hybridized carbons (Fsp3) is 0.111. The van der Waals surface area contributed by atoms with Crippen LogP contribution in [0.4, 0.5) is 13.2 Å². The largest absolute Gasteiger partial charge is 0.573 e. The predicted molar refractivity (Wildman–Crippen MR) is 89.3 cm³/mol. The van der Waals surface area contributed by atoms with Crippen LogP contribution in [-0.4, -0.2) is 17.1 Å². The maximum absolute atomic E-state index is 12.4. The highest BCUT2D eigenvalue weighted by molar-refractivity contribution is 6.02. The number of ether oxygens (including phenoxy) is 1. The summed E-state index contributed by atoms with van der Waals surface area (Å²) in [6, 6.07) is 16.9. The molecule has 0 spiro atoms. The van der Waals surface area contributed by atoms with Crippen LogP contribution < -0.4 is 10.6 Å². The first kappa shape index (κ1) is 16.8. The molecule has 0 fully saturated rings. The van der Waals surface area contributed by atoms with E-state index in [0.29, 0.717) is 17.0 Å². The van der Waals surface area contributed by atoms with Gasteiger partial charge >= 0.3 is 6.36 Å². The van der Waals surface area contributed by atoms with Gasteiger partial charge < -0.3 is 10.6 Å². The van der Waals surface area contributed by atoms with E-state index in [1.807, 2.05) is 36.4 Å². The van der Waals surface area contributed by atoms with E-state index < -0.39 is 6.36 Å². The Hall–Kier alpha value is -3.09. The van der Waals surface area contributed by atoms with Crippen molar-refractivity contribution in [3.05, 3.63) is 71.9 Å². The molecule has 0 aliphatic rings. The molecule has 4 nitrogen and oxygen atoms in total.